The molecule has 2 rings (SSSR count). The Morgan fingerprint density at radius 3 is 2.41 bits per heavy atom. The Labute approximate surface area is 106 Å². The summed E-state index contributed by atoms with van der Waals surface area (Å²) in [4.78, 5) is 14.0. The molecule has 0 N–H and O–H groups in total. The highest BCUT2D eigenvalue weighted by Crippen LogP contribution is 2.35. The van der Waals surface area contributed by atoms with Gasteiger partial charge >= 0.3 is 0 Å². The molecule has 0 aromatic rings. The second-order valence-electron chi connectivity index (χ2n) is 6.51. The molecule has 17 heavy (non-hydrogen) atoms. The third-order valence-electron chi connectivity index (χ3n) is 4.57. The monoisotopic (exact) mass is 237 g/mol. The molecule has 0 bridgehead atoms. The first-order chi connectivity index (χ1) is 8.06. The van der Waals surface area contributed by atoms with E-state index in [0.29, 0.717) is 11.8 Å². The molecule has 98 valence electrons. The van der Waals surface area contributed by atoms with Crippen molar-refractivity contribution in [2.45, 2.75) is 71.4 Å². The molecule has 2 heteroatoms. The number of rotatable bonds is 3. The lowest BCUT2D eigenvalue weighted by Gasteiger charge is -2.40. The first-order valence-electron chi connectivity index (χ1n) is 7.31. The van der Waals surface area contributed by atoms with E-state index >= 15 is 0 Å². The Hall–Kier alpha value is -0.370. The summed E-state index contributed by atoms with van der Waals surface area (Å²) in [7, 11) is 0. The quantitative estimate of drug-likeness (QED) is 0.751. The molecule has 1 aliphatic heterocycles. The van der Waals surface area contributed by atoms with E-state index < -0.39 is 0 Å². The van der Waals surface area contributed by atoms with Gasteiger partial charge in [-0.05, 0) is 57.4 Å². The molecular weight excluding hydrogens is 210 g/mol. The number of carbonyl (C=O) groups excluding carboxylic acids is 1. The minimum atomic E-state index is 0.360. The zero-order valence-electron chi connectivity index (χ0n) is 11.6. The van der Waals surface area contributed by atoms with Crippen LogP contribution >= 0.6 is 0 Å². The van der Waals surface area contributed by atoms with Crippen LogP contribution in [0.2, 0.25) is 0 Å². The van der Waals surface area contributed by atoms with Crippen LogP contribution in [-0.4, -0.2) is 29.3 Å². The number of ketones is 1. The minimum absolute atomic E-state index is 0.360. The summed E-state index contributed by atoms with van der Waals surface area (Å²) >= 11 is 0. The van der Waals surface area contributed by atoms with Gasteiger partial charge < -0.3 is 0 Å². The highest BCUT2D eigenvalue weighted by molar-refractivity contribution is 5.76. The summed E-state index contributed by atoms with van der Waals surface area (Å²) in [6, 6.07) is 1.30. The van der Waals surface area contributed by atoms with Gasteiger partial charge in [0.25, 0.3) is 0 Å². The van der Waals surface area contributed by atoms with Crippen LogP contribution in [0.15, 0.2) is 0 Å². The maximum atomic E-state index is 11.3. The Bertz CT molecular complexity index is 266. The Balaban J connectivity index is 1.97. The largest absolute Gasteiger partial charge is 0.300 e. The lowest BCUT2D eigenvalue weighted by Crippen LogP contribution is -2.43. The van der Waals surface area contributed by atoms with Crippen molar-refractivity contribution in [2.75, 3.05) is 6.54 Å². The average molecular weight is 237 g/mol. The van der Waals surface area contributed by atoms with Crippen molar-refractivity contribution in [3.05, 3.63) is 0 Å². The van der Waals surface area contributed by atoms with E-state index in [1.165, 1.54) is 38.6 Å². The van der Waals surface area contributed by atoms with Crippen LogP contribution in [0.3, 0.4) is 0 Å². The molecule has 0 radical (unpaired) electrons. The molecule has 0 aromatic heterocycles. The average Bonchev–Trinajstić information content (AvgIpc) is 2.63. The zero-order valence-corrected chi connectivity index (χ0v) is 11.6. The molecule has 1 saturated carbocycles. The molecule has 1 heterocycles. The normalized spacial score (nSPS) is 39.5. The fourth-order valence-electron chi connectivity index (χ4n) is 4.07. The van der Waals surface area contributed by atoms with Crippen LogP contribution in [0.25, 0.3) is 0 Å². The van der Waals surface area contributed by atoms with Crippen LogP contribution in [0.5, 0.6) is 0 Å². The Kier molecular flexibility index (Phi) is 4.24. The predicted molar refractivity (Wildman–Crippen MR) is 71.0 cm³/mol. The van der Waals surface area contributed by atoms with Crippen molar-refractivity contribution in [1.29, 1.82) is 0 Å². The lowest BCUT2D eigenvalue weighted by molar-refractivity contribution is -0.118. The number of nitrogens with zero attached hydrogens (tertiary/aromatic N) is 1. The van der Waals surface area contributed by atoms with E-state index in [4.69, 9.17) is 0 Å². The van der Waals surface area contributed by atoms with Gasteiger partial charge in [0.2, 0.25) is 0 Å². The number of likely N-dealkylation sites (tertiary alicyclic amines) is 1. The second kappa shape index (κ2) is 5.51. The van der Waals surface area contributed by atoms with Crippen LogP contribution in [0, 0.1) is 11.8 Å². The summed E-state index contributed by atoms with van der Waals surface area (Å²) in [5, 5.41) is 0. The van der Waals surface area contributed by atoms with Crippen molar-refractivity contribution >= 4 is 5.78 Å². The molecule has 1 aliphatic carbocycles. The molecule has 3 atom stereocenters. The standard InChI is InChI=1S/C15H27NO/c1-11-7-12(2)9-15(8-11)16-6-4-5-14(16)10-13(3)17/h11-12,14-15H,4-10H2,1-3H3. The van der Waals surface area contributed by atoms with Crippen molar-refractivity contribution in [1.82, 2.24) is 4.90 Å². The van der Waals surface area contributed by atoms with E-state index in [-0.39, 0.29) is 0 Å². The second-order valence-corrected chi connectivity index (χ2v) is 6.51. The molecule has 0 aromatic carbocycles. The van der Waals surface area contributed by atoms with Gasteiger partial charge in [-0.15, -0.1) is 0 Å². The highest BCUT2D eigenvalue weighted by atomic mass is 16.1. The molecule has 2 aliphatic rings. The first-order valence-corrected chi connectivity index (χ1v) is 7.31. The Morgan fingerprint density at radius 1 is 1.18 bits per heavy atom. The van der Waals surface area contributed by atoms with Crippen LogP contribution in [0.1, 0.15) is 59.3 Å². The fourth-order valence-corrected chi connectivity index (χ4v) is 4.07. The maximum absolute atomic E-state index is 11.3. The van der Waals surface area contributed by atoms with Gasteiger partial charge in [0.1, 0.15) is 5.78 Å². The topological polar surface area (TPSA) is 20.3 Å². The van der Waals surface area contributed by atoms with E-state index in [1.54, 1.807) is 6.92 Å². The third kappa shape index (κ3) is 3.31. The molecule has 3 unspecified atom stereocenters. The molecular formula is C15H27NO. The maximum Gasteiger partial charge on any atom is 0.131 e. The van der Waals surface area contributed by atoms with E-state index in [9.17, 15) is 4.79 Å². The van der Waals surface area contributed by atoms with Gasteiger partial charge in [-0.25, -0.2) is 0 Å². The van der Waals surface area contributed by atoms with Crippen LogP contribution in [-0.2, 0) is 4.79 Å². The fraction of sp³-hybridized carbons (Fsp3) is 0.933. The third-order valence-corrected chi connectivity index (χ3v) is 4.57. The number of carbonyl (C=O) groups is 1. The lowest BCUT2D eigenvalue weighted by atomic mass is 9.79. The summed E-state index contributed by atoms with van der Waals surface area (Å²) < 4.78 is 0. The first kappa shape index (κ1) is 13.1. The summed E-state index contributed by atoms with van der Waals surface area (Å²) in [5.41, 5.74) is 0. The molecule has 2 nitrogen and oxygen atoms in total. The molecule has 1 saturated heterocycles. The SMILES string of the molecule is CC(=O)CC1CCCN1C1CC(C)CC(C)C1. The van der Waals surface area contributed by atoms with Crippen LogP contribution in [0.4, 0.5) is 0 Å². The number of Topliss-reactive ketones (excluding diaryl/α,β-unsaturated/α-hetero) is 1. The van der Waals surface area contributed by atoms with E-state index in [1.807, 2.05) is 0 Å². The van der Waals surface area contributed by atoms with Crippen LogP contribution < -0.4 is 0 Å². The van der Waals surface area contributed by atoms with Crippen molar-refractivity contribution in [3.63, 3.8) is 0 Å². The van der Waals surface area contributed by atoms with Gasteiger partial charge in [0, 0.05) is 18.5 Å². The summed E-state index contributed by atoms with van der Waals surface area (Å²) in [6.07, 6.45) is 7.38. The zero-order chi connectivity index (χ0) is 12.4. The minimum Gasteiger partial charge on any atom is -0.300 e. The van der Waals surface area contributed by atoms with Gasteiger partial charge in [-0.1, -0.05) is 13.8 Å². The predicted octanol–water partition coefficient (Wildman–Crippen LogP) is 3.25. The summed E-state index contributed by atoms with van der Waals surface area (Å²) in [5.74, 6) is 2.09. The van der Waals surface area contributed by atoms with Gasteiger partial charge in [0.15, 0.2) is 0 Å². The highest BCUT2D eigenvalue weighted by Gasteiger charge is 2.35. The van der Waals surface area contributed by atoms with Gasteiger partial charge in [-0.3, -0.25) is 9.69 Å². The Morgan fingerprint density at radius 2 is 1.82 bits per heavy atom. The summed E-state index contributed by atoms with van der Waals surface area (Å²) in [6.45, 7) is 7.74. The number of hydrogen-bond acceptors (Lipinski definition) is 2. The van der Waals surface area contributed by atoms with E-state index in [0.717, 1.165) is 24.3 Å². The molecule has 2 fully saturated rings. The smallest absolute Gasteiger partial charge is 0.131 e. The molecule has 0 spiro atoms. The van der Waals surface area contributed by atoms with Crippen molar-refractivity contribution < 1.29 is 4.79 Å². The number of hydrogen-bond donors (Lipinski definition) is 0. The van der Waals surface area contributed by atoms with Gasteiger partial charge in [-0.2, -0.15) is 0 Å². The van der Waals surface area contributed by atoms with Crippen molar-refractivity contribution in [2.24, 2.45) is 11.8 Å². The van der Waals surface area contributed by atoms with Gasteiger partial charge in [0.05, 0.1) is 0 Å². The molecule has 0 amide bonds. The van der Waals surface area contributed by atoms with E-state index in [2.05, 4.69) is 18.7 Å². The van der Waals surface area contributed by atoms with Crippen molar-refractivity contribution in [3.8, 4) is 0 Å².